The van der Waals surface area contributed by atoms with Crippen LogP contribution in [0.4, 0.5) is 11.5 Å². The maximum Gasteiger partial charge on any atom is 0.277 e. The quantitative estimate of drug-likeness (QED) is 0.836. The first-order chi connectivity index (χ1) is 8.63. The van der Waals surface area contributed by atoms with E-state index < -0.39 is 0 Å². The normalized spacial score (nSPS) is 10.3. The number of aryl methyl sites for hydroxylation is 2. The summed E-state index contributed by atoms with van der Waals surface area (Å²) in [4.78, 5) is 20.0. The summed E-state index contributed by atoms with van der Waals surface area (Å²) in [6.07, 6.45) is 4.50. The van der Waals surface area contributed by atoms with E-state index in [1.807, 2.05) is 6.92 Å². The second-order valence-electron chi connectivity index (χ2n) is 3.71. The third-order valence-corrected chi connectivity index (χ3v) is 2.49. The van der Waals surface area contributed by atoms with Gasteiger partial charge in [-0.1, -0.05) is 0 Å². The van der Waals surface area contributed by atoms with Crippen LogP contribution in [0, 0.1) is 6.92 Å². The Balaban J connectivity index is 2.29. The van der Waals surface area contributed by atoms with Crippen molar-refractivity contribution in [1.29, 1.82) is 0 Å². The number of aromatic nitrogens is 4. The van der Waals surface area contributed by atoms with Crippen molar-refractivity contribution in [1.82, 2.24) is 19.7 Å². The first-order valence-electron chi connectivity index (χ1n) is 5.53. The highest BCUT2D eigenvalue weighted by atomic mass is 16.2. The van der Waals surface area contributed by atoms with E-state index in [0.29, 0.717) is 29.4 Å². The second kappa shape index (κ2) is 4.82. The van der Waals surface area contributed by atoms with Gasteiger partial charge in [0.2, 0.25) is 0 Å². The Morgan fingerprint density at radius 2 is 2.28 bits per heavy atom. The van der Waals surface area contributed by atoms with Crippen LogP contribution in [0.5, 0.6) is 0 Å². The maximum absolute atomic E-state index is 12.1. The zero-order chi connectivity index (χ0) is 13.1. The lowest BCUT2D eigenvalue weighted by atomic mass is 10.3. The van der Waals surface area contributed by atoms with Crippen molar-refractivity contribution < 1.29 is 4.79 Å². The lowest BCUT2D eigenvalue weighted by molar-refractivity contribution is 0.101. The third-order valence-electron chi connectivity index (χ3n) is 2.49. The van der Waals surface area contributed by atoms with Gasteiger partial charge in [0.1, 0.15) is 5.69 Å². The van der Waals surface area contributed by atoms with E-state index in [-0.39, 0.29) is 5.91 Å². The van der Waals surface area contributed by atoms with Crippen LogP contribution >= 0.6 is 0 Å². The summed E-state index contributed by atoms with van der Waals surface area (Å²) >= 11 is 0. The van der Waals surface area contributed by atoms with E-state index in [9.17, 15) is 4.79 Å². The van der Waals surface area contributed by atoms with Crippen LogP contribution in [0.3, 0.4) is 0 Å². The number of nitrogen functional groups attached to an aromatic ring is 1. The van der Waals surface area contributed by atoms with Gasteiger partial charge < -0.3 is 11.1 Å². The Morgan fingerprint density at radius 1 is 1.50 bits per heavy atom. The molecule has 3 N–H and O–H groups in total. The highest BCUT2D eigenvalue weighted by Crippen LogP contribution is 2.17. The van der Waals surface area contributed by atoms with Crippen LogP contribution in [0.2, 0.25) is 0 Å². The highest BCUT2D eigenvalue weighted by Gasteiger charge is 2.19. The molecule has 0 radical (unpaired) electrons. The largest absolute Gasteiger partial charge is 0.395 e. The molecule has 1 amide bonds. The van der Waals surface area contributed by atoms with Gasteiger partial charge >= 0.3 is 0 Å². The van der Waals surface area contributed by atoms with Gasteiger partial charge in [0, 0.05) is 18.9 Å². The van der Waals surface area contributed by atoms with Crippen LogP contribution in [0.1, 0.15) is 23.1 Å². The number of hydrogen-bond donors (Lipinski definition) is 2. The van der Waals surface area contributed by atoms with E-state index in [4.69, 9.17) is 5.73 Å². The van der Waals surface area contributed by atoms with Gasteiger partial charge in [0.25, 0.3) is 5.91 Å². The number of carbonyl (C=O) groups is 1. The van der Waals surface area contributed by atoms with E-state index in [0.717, 1.165) is 0 Å². The molecule has 0 fully saturated rings. The summed E-state index contributed by atoms with van der Waals surface area (Å²) in [5, 5.41) is 6.82. The van der Waals surface area contributed by atoms with Gasteiger partial charge in [-0.2, -0.15) is 5.10 Å². The number of rotatable bonds is 3. The molecule has 0 unspecified atom stereocenters. The van der Waals surface area contributed by atoms with Crippen LogP contribution in [0.25, 0.3) is 0 Å². The summed E-state index contributed by atoms with van der Waals surface area (Å²) in [6, 6.07) is 0. The number of nitrogens with zero attached hydrogens (tertiary/aromatic N) is 4. The standard InChI is InChI=1S/C11H14N6O/c1-3-17-10(9(12)7(2)16-17)11(18)15-8-6-13-4-5-14-8/h4-6H,3,12H2,1-2H3,(H,14,15,18). The van der Waals surface area contributed by atoms with E-state index in [1.165, 1.54) is 18.6 Å². The Labute approximate surface area is 104 Å². The minimum Gasteiger partial charge on any atom is -0.395 e. The lowest BCUT2D eigenvalue weighted by Crippen LogP contribution is -2.19. The Hall–Kier alpha value is -2.44. The van der Waals surface area contributed by atoms with Gasteiger partial charge in [-0.3, -0.25) is 14.5 Å². The van der Waals surface area contributed by atoms with Crippen LogP contribution in [0.15, 0.2) is 18.6 Å². The fraction of sp³-hybridized carbons (Fsp3) is 0.273. The van der Waals surface area contributed by atoms with Crippen molar-refractivity contribution in [3.63, 3.8) is 0 Å². The summed E-state index contributed by atoms with van der Waals surface area (Å²) in [7, 11) is 0. The molecule has 0 atom stereocenters. The number of hydrogen-bond acceptors (Lipinski definition) is 5. The van der Waals surface area contributed by atoms with Crippen molar-refractivity contribution in [3.8, 4) is 0 Å². The van der Waals surface area contributed by atoms with Gasteiger partial charge in [-0.05, 0) is 13.8 Å². The molecule has 0 aliphatic rings. The number of anilines is 2. The molecule has 0 aromatic carbocycles. The average molecular weight is 246 g/mol. The van der Waals surface area contributed by atoms with E-state index in [2.05, 4.69) is 20.4 Å². The van der Waals surface area contributed by atoms with Crippen molar-refractivity contribution in [2.75, 3.05) is 11.1 Å². The average Bonchev–Trinajstić information content (AvgIpc) is 2.66. The molecule has 2 heterocycles. The second-order valence-corrected chi connectivity index (χ2v) is 3.71. The zero-order valence-electron chi connectivity index (χ0n) is 10.2. The Bertz CT molecular complexity index is 562. The SMILES string of the molecule is CCn1nc(C)c(N)c1C(=O)Nc1cnccn1. The minimum absolute atomic E-state index is 0.338. The molecule has 0 aliphatic carbocycles. The first kappa shape index (κ1) is 12.0. The van der Waals surface area contributed by atoms with Crippen LogP contribution < -0.4 is 11.1 Å². The molecule has 7 heteroatoms. The van der Waals surface area contributed by atoms with Crippen molar-refractivity contribution in [3.05, 3.63) is 30.0 Å². The lowest BCUT2D eigenvalue weighted by Gasteiger charge is -2.06. The Morgan fingerprint density at radius 3 is 2.89 bits per heavy atom. The summed E-state index contributed by atoms with van der Waals surface area (Å²) in [6.45, 7) is 4.23. The highest BCUT2D eigenvalue weighted by molar-refractivity contribution is 6.06. The first-order valence-corrected chi connectivity index (χ1v) is 5.53. The molecule has 0 spiro atoms. The van der Waals surface area contributed by atoms with Crippen molar-refractivity contribution in [2.24, 2.45) is 0 Å². The number of nitrogens with two attached hydrogens (primary N) is 1. The summed E-state index contributed by atoms with van der Waals surface area (Å²) in [5.74, 6) is 0.0406. The molecule has 94 valence electrons. The molecule has 2 aromatic rings. The van der Waals surface area contributed by atoms with Gasteiger partial charge in [0.05, 0.1) is 17.6 Å². The smallest absolute Gasteiger partial charge is 0.277 e. The molecule has 0 aliphatic heterocycles. The Kier molecular flexibility index (Phi) is 3.22. The van der Waals surface area contributed by atoms with Crippen molar-refractivity contribution >= 4 is 17.4 Å². The molecule has 2 aromatic heterocycles. The maximum atomic E-state index is 12.1. The number of amides is 1. The summed E-state index contributed by atoms with van der Waals surface area (Å²) < 4.78 is 1.57. The fourth-order valence-corrected chi connectivity index (χ4v) is 1.60. The summed E-state index contributed by atoms with van der Waals surface area (Å²) in [5.41, 5.74) is 7.23. The van der Waals surface area contributed by atoms with Gasteiger partial charge in [-0.15, -0.1) is 0 Å². The number of nitrogens with one attached hydrogen (secondary N) is 1. The monoisotopic (exact) mass is 246 g/mol. The minimum atomic E-state index is -0.338. The predicted molar refractivity (Wildman–Crippen MR) is 67.0 cm³/mol. The molecule has 0 saturated heterocycles. The predicted octanol–water partition coefficient (Wildman–Crippen LogP) is 0.836. The number of carbonyl (C=O) groups excluding carboxylic acids is 1. The van der Waals surface area contributed by atoms with Crippen LogP contribution in [-0.2, 0) is 6.54 Å². The molecule has 0 bridgehead atoms. The van der Waals surface area contributed by atoms with Gasteiger partial charge in [0.15, 0.2) is 5.82 Å². The van der Waals surface area contributed by atoms with Crippen LogP contribution in [-0.4, -0.2) is 25.7 Å². The molecule has 2 rings (SSSR count). The van der Waals surface area contributed by atoms with E-state index in [1.54, 1.807) is 11.6 Å². The molecule has 7 nitrogen and oxygen atoms in total. The molecule has 0 saturated carbocycles. The van der Waals surface area contributed by atoms with Crippen molar-refractivity contribution in [2.45, 2.75) is 20.4 Å². The zero-order valence-corrected chi connectivity index (χ0v) is 10.2. The van der Waals surface area contributed by atoms with Gasteiger partial charge in [-0.25, -0.2) is 4.98 Å². The third kappa shape index (κ3) is 2.15. The molecule has 18 heavy (non-hydrogen) atoms. The fourth-order valence-electron chi connectivity index (χ4n) is 1.60. The topological polar surface area (TPSA) is 98.7 Å². The molecular weight excluding hydrogens is 232 g/mol. The van der Waals surface area contributed by atoms with E-state index >= 15 is 0 Å². The molecular formula is C11H14N6O.